The summed E-state index contributed by atoms with van der Waals surface area (Å²) in [6.07, 6.45) is 0. The van der Waals surface area contributed by atoms with Crippen LogP contribution in [-0.4, -0.2) is 7.11 Å². The molecule has 0 saturated carbocycles. The van der Waals surface area contributed by atoms with Crippen LogP contribution in [0.5, 0.6) is 5.75 Å². The Morgan fingerprint density at radius 3 is 2.65 bits per heavy atom. The van der Waals surface area contributed by atoms with Gasteiger partial charge in [-0.25, -0.2) is 0 Å². The van der Waals surface area contributed by atoms with E-state index in [-0.39, 0.29) is 0 Å². The molecule has 0 aliphatic heterocycles. The third kappa shape index (κ3) is 2.04. The van der Waals surface area contributed by atoms with E-state index < -0.39 is 0 Å². The minimum absolute atomic E-state index is 0.513. The number of nitrogen functional groups attached to an aromatic ring is 1. The van der Waals surface area contributed by atoms with E-state index in [0.29, 0.717) is 17.1 Å². The second-order valence-corrected chi connectivity index (χ2v) is 3.57. The fourth-order valence-corrected chi connectivity index (χ4v) is 1.68. The van der Waals surface area contributed by atoms with Crippen molar-refractivity contribution in [3.05, 3.63) is 47.4 Å². The van der Waals surface area contributed by atoms with E-state index in [4.69, 9.17) is 15.9 Å². The van der Waals surface area contributed by atoms with Gasteiger partial charge < -0.3 is 10.5 Å². The van der Waals surface area contributed by atoms with Crippen molar-refractivity contribution in [1.82, 2.24) is 0 Å². The molecule has 0 unspecified atom stereocenters. The van der Waals surface area contributed by atoms with Crippen molar-refractivity contribution in [2.75, 3.05) is 12.8 Å². The van der Waals surface area contributed by atoms with E-state index >= 15 is 0 Å². The zero-order chi connectivity index (χ0) is 12.3. The van der Waals surface area contributed by atoms with Crippen molar-refractivity contribution in [3.63, 3.8) is 0 Å². The number of hydrogen-bond acceptors (Lipinski definition) is 3. The number of ether oxygens (including phenoxy) is 1. The first-order valence-corrected chi connectivity index (χ1v) is 5.14. The van der Waals surface area contributed by atoms with E-state index in [1.54, 1.807) is 19.2 Å². The van der Waals surface area contributed by atoms with Crippen molar-refractivity contribution < 1.29 is 4.74 Å². The minimum Gasteiger partial charge on any atom is -0.495 e. The summed E-state index contributed by atoms with van der Waals surface area (Å²) >= 11 is 0. The van der Waals surface area contributed by atoms with Gasteiger partial charge in [0.2, 0.25) is 5.39 Å². The van der Waals surface area contributed by atoms with Crippen molar-refractivity contribution in [2.24, 2.45) is 0 Å². The average Bonchev–Trinajstić information content (AvgIpc) is 2.39. The SMILES string of the molecule is COc1cc(-c2ccccc2[N+]#N)ccc1N. The maximum absolute atomic E-state index is 8.93. The van der Waals surface area contributed by atoms with E-state index in [0.717, 1.165) is 11.1 Å². The van der Waals surface area contributed by atoms with Crippen molar-refractivity contribution in [3.8, 4) is 16.9 Å². The van der Waals surface area contributed by atoms with Gasteiger partial charge in [0.25, 0.3) is 0 Å². The van der Waals surface area contributed by atoms with Gasteiger partial charge in [-0.1, -0.05) is 18.2 Å². The zero-order valence-corrected chi connectivity index (χ0v) is 9.42. The first kappa shape index (κ1) is 11.0. The Labute approximate surface area is 99.3 Å². The Morgan fingerprint density at radius 2 is 1.94 bits per heavy atom. The van der Waals surface area contributed by atoms with Gasteiger partial charge >= 0.3 is 5.69 Å². The maximum atomic E-state index is 8.93. The van der Waals surface area contributed by atoms with Crippen LogP contribution in [0.15, 0.2) is 42.5 Å². The number of rotatable bonds is 2. The lowest BCUT2D eigenvalue weighted by Crippen LogP contribution is -1.92. The molecular formula is C13H12N3O+. The highest BCUT2D eigenvalue weighted by Gasteiger charge is 2.14. The molecule has 0 bridgehead atoms. The smallest absolute Gasteiger partial charge is 0.392 e. The number of nitrogens with zero attached hydrogens (tertiary/aromatic N) is 2. The number of methoxy groups -OCH3 is 1. The number of diazo groups is 1. The first-order chi connectivity index (χ1) is 8.26. The quantitative estimate of drug-likeness (QED) is 0.630. The van der Waals surface area contributed by atoms with Crippen LogP contribution in [0.4, 0.5) is 11.4 Å². The lowest BCUT2D eigenvalue weighted by atomic mass is 10.0. The molecule has 0 amide bonds. The number of hydrogen-bond donors (Lipinski definition) is 1. The van der Waals surface area contributed by atoms with Gasteiger partial charge in [0.15, 0.2) is 4.98 Å². The summed E-state index contributed by atoms with van der Waals surface area (Å²) in [5, 5.41) is 8.93. The molecule has 4 nitrogen and oxygen atoms in total. The Bertz CT molecular complexity index is 587. The highest BCUT2D eigenvalue weighted by Crippen LogP contribution is 2.34. The molecule has 0 aliphatic carbocycles. The molecule has 0 atom stereocenters. The third-order valence-electron chi connectivity index (χ3n) is 2.56. The molecule has 0 spiro atoms. The monoisotopic (exact) mass is 226 g/mol. The van der Waals surface area contributed by atoms with Crippen LogP contribution < -0.4 is 10.5 Å². The normalized spacial score (nSPS) is 9.65. The van der Waals surface area contributed by atoms with Crippen LogP contribution in [0.1, 0.15) is 0 Å². The molecule has 84 valence electrons. The highest BCUT2D eigenvalue weighted by atomic mass is 16.5. The summed E-state index contributed by atoms with van der Waals surface area (Å²) in [5.41, 5.74) is 8.56. The largest absolute Gasteiger partial charge is 0.495 e. The van der Waals surface area contributed by atoms with Gasteiger partial charge in [0.1, 0.15) is 5.75 Å². The Morgan fingerprint density at radius 1 is 1.18 bits per heavy atom. The van der Waals surface area contributed by atoms with Crippen LogP contribution in [0, 0.1) is 5.39 Å². The first-order valence-electron chi connectivity index (χ1n) is 5.14. The summed E-state index contributed by atoms with van der Waals surface area (Å²) in [5.74, 6) is 0.607. The topological polar surface area (TPSA) is 63.4 Å². The fraction of sp³-hybridized carbons (Fsp3) is 0.0769. The number of anilines is 1. The minimum atomic E-state index is 0.513. The van der Waals surface area contributed by atoms with Crippen molar-refractivity contribution >= 4 is 11.4 Å². The lowest BCUT2D eigenvalue weighted by Gasteiger charge is -2.06. The van der Waals surface area contributed by atoms with Crippen LogP contribution >= 0.6 is 0 Å². The standard InChI is InChI=1S/C13H12N3O/c1-17-13-8-9(6-7-11(13)14)10-4-2-3-5-12(10)16-15/h2-8H,14H2,1H3/q+1. The van der Waals surface area contributed by atoms with E-state index in [1.165, 1.54) is 0 Å². The lowest BCUT2D eigenvalue weighted by molar-refractivity contribution is 0.417. The predicted octanol–water partition coefficient (Wildman–Crippen LogP) is 3.43. The Balaban J connectivity index is 2.58. The third-order valence-corrected chi connectivity index (χ3v) is 2.56. The van der Waals surface area contributed by atoms with Gasteiger partial charge in [0, 0.05) is 6.07 Å². The number of benzene rings is 2. The molecule has 2 aromatic rings. The second-order valence-electron chi connectivity index (χ2n) is 3.57. The molecular weight excluding hydrogens is 214 g/mol. The van der Waals surface area contributed by atoms with Crippen LogP contribution in [0.3, 0.4) is 0 Å². The summed E-state index contributed by atoms with van der Waals surface area (Å²) < 4.78 is 5.16. The summed E-state index contributed by atoms with van der Waals surface area (Å²) in [7, 11) is 1.57. The highest BCUT2D eigenvalue weighted by molar-refractivity contribution is 5.80. The molecule has 0 saturated heterocycles. The van der Waals surface area contributed by atoms with Gasteiger partial charge in [-0.15, -0.1) is 0 Å². The molecule has 2 aromatic carbocycles. The molecule has 2 rings (SSSR count). The Hall–Kier alpha value is -2.54. The van der Waals surface area contributed by atoms with Gasteiger partial charge in [-0.05, 0) is 23.8 Å². The van der Waals surface area contributed by atoms with Crippen LogP contribution in [0.25, 0.3) is 16.1 Å². The molecule has 0 radical (unpaired) electrons. The van der Waals surface area contributed by atoms with E-state index in [9.17, 15) is 0 Å². The molecule has 0 aromatic heterocycles. The van der Waals surface area contributed by atoms with Crippen LogP contribution in [-0.2, 0) is 0 Å². The molecule has 0 fully saturated rings. The van der Waals surface area contributed by atoms with E-state index in [2.05, 4.69) is 4.98 Å². The van der Waals surface area contributed by atoms with Crippen molar-refractivity contribution in [2.45, 2.75) is 0 Å². The predicted molar refractivity (Wildman–Crippen MR) is 67.6 cm³/mol. The van der Waals surface area contributed by atoms with Gasteiger partial charge in [0.05, 0.1) is 18.4 Å². The van der Waals surface area contributed by atoms with Crippen molar-refractivity contribution in [1.29, 1.82) is 5.39 Å². The fourth-order valence-electron chi connectivity index (χ4n) is 1.68. The Kier molecular flexibility index (Phi) is 2.93. The summed E-state index contributed by atoms with van der Waals surface area (Å²) in [6.45, 7) is 0. The molecule has 4 heteroatoms. The maximum Gasteiger partial charge on any atom is 0.392 e. The molecule has 0 aliphatic rings. The molecule has 2 N–H and O–H groups in total. The average molecular weight is 226 g/mol. The summed E-state index contributed by atoms with van der Waals surface area (Å²) in [4.78, 5) is 3.25. The van der Waals surface area contributed by atoms with Gasteiger partial charge in [-0.3, -0.25) is 0 Å². The van der Waals surface area contributed by atoms with Gasteiger partial charge in [-0.2, -0.15) is 0 Å². The van der Waals surface area contributed by atoms with Crippen LogP contribution in [0.2, 0.25) is 0 Å². The number of nitrogens with two attached hydrogens (primary N) is 1. The second kappa shape index (κ2) is 4.54. The zero-order valence-electron chi connectivity index (χ0n) is 9.42. The molecule has 0 heterocycles. The summed E-state index contributed by atoms with van der Waals surface area (Å²) in [6, 6.07) is 12.8. The van der Waals surface area contributed by atoms with E-state index in [1.807, 2.05) is 30.3 Å². The molecule has 17 heavy (non-hydrogen) atoms.